The molecular formula is C12H12BrF2N3. The summed E-state index contributed by atoms with van der Waals surface area (Å²) in [6.45, 7) is 0. The summed E-state index contributed by atoms with van der Waals surface area (Å²) in [6, 6.07) is 2.11. The molecule has 0 bridgehead atoms. The fourth-order valence-corrected chi connectivity index (χ4v) is 2.34. The first-order valence-electron chi connectivity index (χ1n) is 5.36. The van der Waals surface area contributed by atoms with Gasteiger partial charge < -0.3 is 10.3 Å². The number of hydrogen-bond acceptors (Lipinski definition) is 2. The highest BCUT2D eigenvalue weighted by Gasteiger charge is 2.17. The molecule has 1 atom stereocenters. The van der Waals surface area contributed by atoms with Crippen molar-refractivity contribution in [2.75, 3.05) is 0 Å². The van der Waals surface area contributed by atoms with Crippen LogP contribution >= 0.6 is 15.9 Å². The first kappa shape index (κ1) is 13.2. The second-order valence-corrected chi connectivity index (χ2v) is 4.82. The Morgan fingerprint density at radius 3 is 2.78 bits per heavy atom. The number of nitrogens with two attached hydrogens (primary N) is 1. The molecule has 0 saturated carbocycles. The van der Waals surface area contributed by atoms with E-state index in [9.17, 15) is 8.78 Å². The van der Waals surface area contributed by atoms with Crippen molar-refractivity contribution in [1.29, 1.82) is 0 Å². The van der Waals surface area contributed by atoms with Gasteiger partial charge >= 0.3 is 0 Å². The fraction of sp³-hybridized carbons (Fsp3) is 0.250. The molecule has 96 valence electrons. The molecule has 2 rings (SSSR count). The molecule has 1 heterocycles. The van der Waals surface area contributed by atoms with Crippen molar-refractivity contribution in [3.05, 3.63) is 52.0 Å². The summed E-state index contributed by atoms with van der Waals surface area (Å²) in [5.41, 5.74) is 6.53. The number of nitrogens with zero attached hydrogens (tertiary/aromatic N) is 2. The minimum atomic E-state index is -0.914. The number of rotatable bonds is 3. The highest BCUT2D eigenvalue weighted by atomic mass is 79.9. The standard InChI is InChI=1S/C12H12BrF2N3/c1-18-5-4-17-10(18)6-9(16)7-2-3-8(14)12(15)11(7)13/h2-5,9H,6,16H2,1H3. The van der Waals surface area contributed by atoms with Crippen LogP contribution in [0, 0.1) is 11.6 Å². The van der Waals surface area contributed by atoms with Crippen LogP contribution in [-0.2, 0) is 13.5 Å². The number of halogens is 3. The molecule has 3 nitrogen and oxygen atoms in total. The first-order valence-corrected chi connectivity index (χ1v) is 6.15. The molecule has 1 unspecified atom stereocenters. The summed E-state index contributed by atoms with van der Waals surface area (Å²) in [6.07, 6.45) is 3.93. The second kappa shape index (κ2) is 5.16. The van der Waals surface area contributed by atoms with Gasteiger partial charge in [-0.15, -0.1) is 0 Å². The van der Waals surface area contributed by atoms with E-state index in [-0.39, 0.29) is 4.47 Å². The largest absolute Gasteiger partial charge is 0.338 e. The fourth-order valence-electron chi connectivity index (χ4n) is 1.73. The molecule has 0 saturated heterocycles. The zero-order valence-corrected chi connectivity index (χ0v) is 11.3. The summed E-state index contributed by atoms with van der Waals surface area (Å²) in [7, 11) is 1.86. The molecule has 0 amide bonds. The normalized spacial score (nSPS) is 12.7. The average Bonchev–Trinajstić information content (AvgIpc) is 2.72. The van der Waals surface area contributed by atoms with Gasteiger partial charge in [-0.2, -0.15) is 0 Å². The van der Waals surface area contributed by atoms with Crippen LogP contribution in [0.15, 0.2) is 29.0 Å². The lowest BCUT2D eigenvalue weighted by molar-refractivity contribution is 0.499. The minimum Gasteiger partial charge on any atom is -0.338 e. The Labute approximate surface area is 112 Å². The Balaban J connectivity index is 2.27. The summed E-state index contributed by atoms with van der Waals surface area (Å²) in [5, 5.41) is 0. The van der Waals surface area contributed by atoms with Crippen molar-refractivity contribution in [3.63, 3.8) is 0 Å². The van der Waals surface area contributed by atoms with E-state index in [1.807, 2.05) is 17.8 Å². The predicted molar refractivity (Wildman–Crippen MR) is 67.9 cm³/mol. The third-order valence-electron chi connectivity index (χ3n) is 2.79. The number of aryl methyl sites for hydroxylation is 1. The van der Waals surface area contributed by atoms with Crippen molar-refractivity contribution in [1.82, 2.24) is 9.55 Å². The van der Waals surface area contributed by atoms with Crippen LogP contribution in [0.3, 0.4) is 0 Å². The summed E-state index contributed by atoms with van der Waals surface area (Å²) >= 11 is 3.03. The average molecular weight is 316 g/mol. The van der Waals surface area contributed by atoms with E-state index in [2.05, 4.69) is 20.9 Å². The maximum Gasteiger partial charge on any atom is 0.173 e. The number of hydrogen-bond donors (Lipinski definition) is 1. The van der Waals surface area contributed by atoms with Gasteiger partial charge in [0.2, 0.25) is 0 Å². The molecule has 1 aromatic heterocycles. The van der Waals surface area contributed by atoms with Crippen molar-refractivity contribution >= 4 is 15.9 Å². The van der Waals surface area contributed by atoms with Gasteiger partial charge in [-0.3, -0.25) is 0 Å². The first-order chi connectivity index (χ1) is 8.50. The molecule has 6 heteroatoms. The van der Waals surface area contributed by atoms with Crippen molar-refractivity contribution < 1.29 is 8.78 Å². The maximum atomic E-state index is 13.4. The van der Waals surface area contributed by atoms with E-state index in [1.165, 1.54) is 6.07 Å². The number of aromatic nitrogens is 2. The van der Waals surface area contributed by atoms with Crippen LogP contribution in [0.25, 0.3) is 0 Å². The van der Waals surface area contributed by atoms with E-state index in [0.29, 0.717) is 12.0 Å². The van der Waals surface area contributed by atoms with E-state index in [4.69, 9.17) is 5.73 Å². The van der Waals surface area contributed by atoms with Gasteiger partial charge in [0.15, 0.2) is 11.6 Å². The van der Waals surface area contributed by atoms with Crippen LogP contribution in [-0.4, -0.2) is 9.55 Å². The van der Waals surface area contributed by atoms with Gasteiger partial charge in [0.1, 0.15) is 5.82 Å². The molecule has 0 aliphatic rings. The van der Waals surface area contributed by atoms with Crippen LogP contribution in [0.2, 0.25) is 0 Å². The topological polar surface area (TPSA) is 43.8 Å². The predicted octanol–water partition coefficient (Wildman–Crippen LogP) is 2.70. The Kier molecular flexibility index (Phi) is 3.77. The Morgan fingerprint density at radius 1 is 1.44 bits per heavy atom. The zero-order chi connectivity index (χ0) is 13.3. The molecular weight excluding hydrogens is 304 g/mol. The van der Waals surface area contributed by atoms with Gasteiger partial charge in [-0.25, -0.2) is 13.8 Å². The molecule has 0 fully saturated rings. The van der Waals surface area contributed by atoms with Gasteiger partial charge in [-0.1, -0.05) is 6.07 Å². The van der Waals surface area contributed by atoms with E-state index < -0.39 is 17.7 Å². The SMILES string of the molecule is Cn1ccnc1CC(N)c1ccc(F)c(F)c1Br. The summed E-state index contributed by atoms with van der Waals surface area (Å²) < 4.78 is 28.3. The van der Waals surface area contributed by atoms with Gasteiger partial charge in [-0.05, 0) is 27.6 Å². The minimum absolute atomic E-state index is 0.0733. The molecule has 2 N–H and O–H groups in total. The zero-order valence-electron chi connectivity index (χ0n) is 9.70. The lowest BCUT2D eigenvalue weighted by Gasteiger charge is -2.14. The van der Waals surface area contributed by atoms with Gasteiger partial charge in [0, 0.05) is 31.9 Å². The van der Waals surface area contributed by atoms with E-state index in [0.717, 1.165) is 11.9 Å². The van der Waals surface area contributed by atoms with E-state index in [1.54, 1.807) is 6.20 Å². The van der Waals surface area contributed by atoms with Crippen LogP contribution in [0.5, 0.6) is 0 Å². The Bertz CT molecular complexity index is 568. The van der Waals surface area contributed by atoms with Crippen molar-refractivity contribution in [2.45, 2.75) is 12.5 Å². The van der Waals surface area contributed by atoms with E-state index >= 15 is 0 Å². The van der Waals surface area contributed by atoms with Crippen LogP contribution in [0.1, 0.15) is 17.4 Å². The van der Waals surface area contributed by atoms with Crippen molar-refractivity contribution in [3.8, 4) is 0 Å². The second-order valence-electron chi connectivity index (χ2n) is 4.03. The molecule has 2 aromatic rings. The van der Waals surface area contributed by atoms with Crippen molar-refractivity contribution in [2.24, 2.45) is 12.8 Å². The van der Waals surface area contributed by atoms with Crippen LogP contribution < -0.4 is 5.73 Å². The number of benzene rings is 1. The molecule has 0 aliphatic carbocycles. The highest BCUT2D eigenvalue weighted by molar-refractivity contribution is 9.10. The molecule has 0 radical (unpaired) electrons. The molecule has 0 aliphatic heterocycles. The summed E-state index contributed by atoms with van der Waals surface area (Å²) in [4.78, 5) is 4.15. The number of imidazole rings is 1. The quantitative estimate of drug-likeness (QED) is 0.885. The smallest absolute Gasteiger partial charge is 0.173 e. The third-order valence-corrected chi connectivity index (χ3v) is 3.59. The summed E-state index contributed by atoms with van der Waals surface area (Å²) in [5.74, 6) is -1.02. The molecule has 18 heavy (non-hydrogen) atoms. The highest BCUT2D eigenvalue weighted by Crippen LogP contribution is 2.28. The lowest BCUT2D eigenvalue weighted by Crippen LogP contribution is -2.17. The monoisotopic (exact) mass is 315 g/mol. The maximum absolute atomic E-state index is 13.4. The third kappa shape index (κ3) is 2.44. The Hall–Kier alpha value is -1.27. The molecule has 1 aromatic carbocycles. The Morgan fingerprint density at radius 2 is 2.17 bits per heavy atom. The van der Waals surface area contributed by atoms with Crippen LogP contribution in [0.4, 0.5) is 8.78 Å². The lowest BCUT2D eigenvalue weighted by atomic mass is 10.0. The van der Waals surface area contributed by atoms with Gasteiger partial charge in [0.25, 0.3) is 0 Å². The van der Waals surface area contributed by atoms with Gasteiger partial charge in [0.05, 0.1) is 4.47 Å². The molecule has 0 spiro atoms.